The molecule has 0 aliphatic carbocycles. The Kier molecular flexibility index (Phi) is 16.3. The number of para-hydroxylation sites is 3. The highest BCUT2D eigenvalue weighted by Gasteiger charge is 2.20. The lowest BCUT2D eigenvalue weighted by atomic mass is 10.1. The van der Waals surface area contributed by atoms with Gasteiger partial charge in [0.15, 0.2) is 38.2 Å². The maximum atomic E-state index is 2.76. The zero-order valence-electron chi connectivity index (χ0n) is 36.0. The molecular formula is C54H57Br3N6. The summed E-state index contributed by atoms with van der Waals surface area (Å²) in [5.74, 6) is 0. The van der Waals surface area contributed by atoms with Gasteiger partial charge in [0.1, 0.15) is 0 Å². The van der Waals surface area contributed by atoms with Crippen LogP contribution in [0.15, 0.2) is 164 Å². The Bertz CT molecular complexity index is 2610. The number of fused-ring (bicyclic) bond motifs is 9. The summed E-state index contributed by atoms with van der Waals surface area (Å²) < 4.78 is 7.51. The number of aromatic nitrogens is 3. The summed E-state index contributed by atoms with van der Waals surface area (Å²) in [6, 6.07) is 53.3. The number of hydrogen-bond acceptors (Lipinski definition) is 3. The van der Waals surface area contributed by atoms with Gasteiger partial charge in [-0.1, -0.05) is 91.0 Å². The molecule has 0 atom stereocenters. The standard InChI is InChI=1S/C54H57N6.3BrH/c1-4-19-46-43(16-1)40-58(52-25-10-7-22-49(46)52)37-34-55-28-13-30-56(35-38-59-41-44-17-2-5-20-47(44)50-23-8-11-26-53(50)59)32-15-33-57(31-14-29-55)36-39-60-42-45-18-3-6-21-48(45)51-24-9-12-27-54(51)60;;;/h1-12,16-27,40-42H,13-15,28-39H2;3*1H/q+3;;;/p-3. The number of benzene rings is 6. The van der Waals surface area contributed by atoms with Crippen molar-refractivity contribution in [2.45, 2.75) is 38.9 Å². The van der Waals surface area contributed by atoms with Crippen LogP contribution in [0.4, 0.5) is 0 Å². The number of halogens is 3. The van der Waals surface area contributed by atoms with Crippen LogP contribution < -0.4 is 64.6 Å². The second kappa shape index (κ2) is 22.0. The third-order valence-electron chi connectivity index (χ3n) is 13.1. The Hall–Kier alpha value is -4.35. The van der Waals surface area contributed by atoms with Crippen LogP contribution in [-0.2, 0) is 19.6 Å². The second-order valence-corrected chi connectivity index (χ2v) is 16.9. The molecule has 0 radical (unpaired) electrons. The Morgan fingerprint density at radius 1 is 0.302 bits per heavy atom. The lowest BCUT2D eigenvalue weighted by Gasteiger charge is -2.29. The molecule has 0 N–H and O–H groups in total. The van der Waals surface area contributed by atoms with Crippen LogP contribution in [0.5, 0.6) is 0 Å². The highest BCUT2D eigenvalue weighted by Crippen LogP contribution is 2.25. The maximum Gasteiger partial charge on any atom is 0.213 e. The summed E-state index contributed by atoms with van der Waals surface area (Å²) in [4.78, 5) is 8.27. The van der Waals surface area contributed by atoms with E-state index in [9.17, 15) is 0 Å². The molecule has 0 saturated carbocycles. The minimum absolute atomic E-state index is 0. The molecule has 6 nitrogen and oxygen atoms in total. The van der Waals surface area contributed by atoms with Crippen LogP contribution in [0, 0.1) is 0 Å². The van der Waals surface area contributed by atoms with Crippen LogP contribution in [0.1, 0.15) is 19.3 Å². The second-order valence-electron chi connectivity index (χ2n) is 16.9. The topological polar surface area (TPSA) is 21.4 Å². The quantitative estimate of drug-likeness (QED) is 0.150. The molecule has 324 valence electrons. The van der Waals surface area contributed by atoms with E-state index in [4.69, 9.17) is 0 Å². The van der Waals surface area contributed by atoms with E-state index >= 15 is 0 Å². The molecule has 0 spiro atoms. The number of pyridine rings is 3. The summed E-state index contributed by atoms with van der Waals surface area (Å²) in [5.41, 5.74) is 3.96. The molecule has 9 aromatic rings. The summed E-state index contributed by atoms with van der Waals surface area (Å²) in [7, 11) is 0. The molecular weight excluding hydrogens is 972 g/mol. The van der Waals surface area contributed by atoms with E-state index in [0.29, 0.717) is 0 Å². The fraction of sp³-hybridized carbons (Fsp3) is 0.278. The van der Waals surface area contributed by atoms with Gasteiger partial charge in [0.05, 0.1) is 35.8 Å². The van der Waals surface area contributed by atoms with Crippen LogP contribution in [-0.4, -0.2) is 73.6 Å². The molecule has 3 aromatic heterocycles. The van der Waals surface area contributed by atoms with Crippen molar-refractivity contribution in [3.63, 3.8) is 0 Å². The molecule has 6 aromatic carbocycles. The predicted octanol–water partition coefficient (Wildman–Crippen LogP) is -0.0294. The first-order valence-electron chi connectivity index (χ1n) is 22.3. The van der Waals surface area contributed by atoms with Crippen molar-refractivity contribution in [3.05, 3.63) is 164 Å². The van der Waals surface area contributed by atoms with Gasteiger partial charge in [-0.15, -0.1) is 0 Å². The van der Waals surface area contributed by atoms with Crippen molar-refractivity contribution in [2.24, 2.45) is 0 Å². The van der Waals surface area contributed by atoms with Gasteiger partial charge in [-0.2, -0.15) is 13.7 Å². The van der Waals surface area contributed by atoms with Gasteiger partial charge in [0.25, 0.3) is 0 Å². The zero-order valence-corrected chi connectivity index (χ0v) is 40.8. The third-order valence-corrected chi connectivity index (χ3v) is 13.1. The number of nitrogens with zero attached hydrogens (tertiary/aromatic N) is 6. The highest BCUT2D eigenvalue weighted by atomic mass is 79.9. The first kappa shape index (κ1) is 46.6. The van der Waals surface area contributed by atoms with Crippen molar-refractivity contribution < 1.29 is 64.6 Å². The summed E-state index contributed by atoms with van der Waals surface area (Å²) >= 11 is 0. The fourth-order valence-corrected chi connectivity index (χ4v) is 9.99. The highest BCUT2D eigenvalue weighted by molar-refractivity contribution is 6.05. The summed E-state index contributed by atoms with van der Waals surface area (Å²) in [5, 5.41) is 11.9. The van der Waals surface area contributed by atoms with Gasteiger partial charge < -0.3 is 50.9 Å². The van der Waals surface area contributed by atoms with E-state index in [1.807, 2.05) is 0 Å². The van der Waals surface area contributed by atoms with Crippen molar-refractivity contribution in [1.82, 2.24) is 14.7 Å². The Morgan fingerprint density at radius 2 is 0.540 bits per heavy atom. The van der Waals surface area contributed by atoms with Gasteiger partial charge >= 0.3 is 0 Å². The smallest absolute Gasteiger partial charge is 0.213 e. The Morgan fingerprint density at radius 3 is 0.825 bits per heavy atom. The van der Waals surface area contributed by atoms with Crippen LogP contribution in [0.25, 0.3) is 65.0 Å². The molecule has 10 rings (SSSR count). The third kappa shape index (κ3) is 10.5. The zero-order chi connectivity index (χ0) is 40.1. The van der Waals surface area contributed by atoms with Crippen LogP contribution >= 0.6 is 0 Å². The van der Waals surface area contributed by atoms with E-state index < -0.39 is 0 Å². The molecule has 0 unspecified atom stereocenters. The molecule has 1 saturated heterocycles. The molecule has 9 heteroatoms. The van der Waals surface area contributed by atoms with Gasteiger partial charge in [-0.25, -0.2) is 0 Å². The van der Waals surface area contributed by atoms with E-state index in [2.05, 4.69) is 193 Å². The monoisotopic (exact) mass is 1030 g/mol. The average molecular weight is 1030 g/mol. The lowest BCUT2D eigenvalue weighted by Crippen LogP contribution is -3.00. The summed E-state index contributed by atoms with van der Waals surface area (Å²) in [6.07, 6.45) is 10.7. The largest absolute Gasteiger partial charge is 1.00 e. The lowest BCUT2D eigenvalue weighted by molar-refractivity contribution is -0.669. The molecule has 1 aliphatic rings. The fourth-order valence-electron chi connectivity index (χ4n) is 9.99. The molecule has 4 heterocycles. The van der Waals surface area contributed by atoms with Crippen LogP contribution in [0.2, 0.25) is 0 Å². The molecule has 1 fully saturated rings. The van der Waals surface area contributed by atoms with Crippen molar-refractivity contribution >= 4 is 65.0 Å². The minimum Gasteiger partial charge on any atom is -1.00 e. The SMILES string of the molecule is [Br-].[Br-].[Br-].c1ccc2c(c1)c[n+](CCN1CCCN(CC[n+]3cc4ccccc4c4ccccc43)CCCN(CC[n+]3cc4ccccc4c4ccccc43)CCC1)c1ccccc21. The van der Waals surface area contributed by atoms with Gasteiger partial charge in [0.2, 0.25) is 16.6 Å². The van der Waals surface area contributed by atoms with Crippen molar-refractivity contribution in [2.75, 3.05) is 58.9 Å². The normalized spacial score (nSPS) is 14.9. The van der Waals surface area contributed by atoms with Gasteiger partial charge in [-0.05, 0) is 94.9 Å². The van der Waals surface area contributed by atoms with E-state index in [1.54, 1.807) is 0 Å². The van der Waals surface area contributed by atoms with Gasteiger partial charge in [-0.3, -0.25) is 14.7 Å². The van der Waals surface area contributed by atoms with Crippen molar-refractivity contribution in [3.8, 4) is 0 Å². The van der Waals surface area contributed by atoms with Crippen LogP contribution in [0.3, 0.4) is 0 Å². The number of rotatable bonds is 9. The Balaban J connectivity index is 0.00000198. The van der Waals surface area contributed by atoms with Gasteiger partial charge in [0, 0.05) is 50.5 Å². The Labute approximate surface area is 403 Å². The maximum absolute atomic E-state index is 2.76. The van der Waals surface area contributed by atoms with E-state index in [1.165, 1.54) is 84.3 Å². The predicted molar refractivity (Wildman–Crippen MR) is 248 cm³/mol. The summed E-state index contributed by atoms with van der Waals surface area (Å²) in [6.45, 7) is 12.8. The van der Waals surface area contributed by atoms with Crippen molar-refractivity contribution in [1.29, 1.82) is 0 Å². The van der Waals surface area contributed by atoms with E-state index in [-0.39, 0.29) is 50.9 Å². The molecule has 63 heavy (non-hydrogen) atoms. The average Bonchev–Trinajstić information content (AvgIpc) is 3.30. The van der Waals surface area contributed by atoms with E-state index in [0.717, 1.165) is 78.5 Å². The minimum atomic E-state index is 0. The molecule has 0 bridgehead atoms. The first-order valence-corrected chi connectivity index (χ1v) is 22.3. The first-order chi connectivity index (χ1) is 29.7. The molecule has 0 amide bonds. The number of hydrogen-bond donors (Lipinski definition) is 0. The molecule has 1 aliphatic heterocycles.